The summed E-state index contributed by atoms with van der Waals surface area (Å²) in [6.45, 7) is 0. The number of hydrogen-bond donors (Lipinski definition) is 0. The van der Waals surface area contributed by atoms with E-state index in [-0.39, 0.29) is 0 Å². The lowest BCUT2D eigenvalue weighted by atomic mass is 10.0. The van der Waals surface area contributed by atoms with Gasteiger partial charge in [-0.05, 0) is 60.2 Å². The monoisotopic (exact) mass is 499 g/mol. The Kier molecular flexibility index (Phi) is 4.02. The first-order chi connectivity index (χ1) is 19.4. The Labute approximate surface area is 224 Å². The zero-order valence-corrected chi connectivity index (χ0v) is 20.9. The Morgan fingerprint density at radius 2 is 1.36 bits per heavy atom. The number of aromatic nitrogens is 2. The van der Waals surface area contributed by atoms with Gasteiger partial charge in [-0.2, -0.15) is 0 Å². The van der Waals surface area contributed by atoms with Gasteiger partial charge in [-0.1, -0.05) is 60.7 Å². The van der Waals surface area contributed by atoms with Crippen molar-refractivity contribution in [2.45, 2.75) is 0 Å². The standard InChI is InChI=1S/C35H21N3O/c1-4-16-31-25(11-1)34-32(39-31)18-17-29-33(34)26-12-6-15-30-35(26)38(29)28-14-3-2-13-27(28)37(30)24-10-5-8-22(20-24)23-9-7-19-36-21-23/h1-21H. The first-order valence-electron chi connectivity index (χ1n) is 13.1. The van der Waals surface area contributed by atoms with Gasteiger partial charge in [0.15, 0.2) is 0 Å². The predicted octanol–water partition coefficient (Wildman–Crippen LogP) is 9.53. The van der Waals surface area contributed by atoms with E-state index in [2.05, 4.69) is 118 Å². The van der Waals surface area contributed by atoms with Crippen LogP contribution in [0, 0.1) is 0 Å². The second kappa shape index (κ2) is 7.59. The van der Waals surface area contributed by atoms with Gasteiger partial charge in [0.2, 0.25) is 0 Å². The van der Waals surface area contributed by atoms with Gasteiger partial charge in [0.05, 0.1) is 28.1 Å². The van der Waals surface area contributed by atoms with Crippen LogP contribution in [-0.4, -0.2) is 9.55 Å². The highest BCUT2D eigenvalue weighted by Crippen LogP contribution is 2.51. The average molecular weight is 500 g/mol. The van der Waals surface area contributed by atoms with Crippen molar-refractivity contribution in [3.63, 3.8) is 0 Å². The summed E-state index contributed by atoms with van der Waals surface area (Å²) in [5.41, 5.74) is 11.1. The van der Waals surface area contributed by atoms with Gasteiger partial charge in [0, 0.05) is 45.2 Å². The molecular formula is C35H21N3O. The third-order valence-electron chi connectivity index (χ3n) is 7.97. The van der Waals surface area contributed by atoms with E-state index in [9.17, 15) is 0 Å². The van der Waals surface area contributed by atoms with Crippen molar-refractivity contribution in [1.82, 2.24) is 9.55 Å². The molecule has 4 heterocycles. The van der Waals surface area contributed by atoms with Crippen LogP contribution in [0.5, 0.6) is 0 Å². The van der Waals surface area contributed by atoms with Gasteiger partial charge in [0.1, 0.15) is 11.2 Å². The lowest BCUT2D eigenvalue weighted by molar-refractivity contribution is 0.669. The zero-order valence-electron chi connectivity index (χ0n) is 20.9. The topological polar surface area (TPSA) is 34.2 Å². The quantitative estimate of drug-likeness (QED) is 0.237. The normalized spacial score (nSPS) is 12.6. The van der Waals surface area contributed by atoms with Crippen molar-refractivity contribution in [2.75, 3.05) is 4.90 Å². The van der Waals surface area contributed by atoms with Crippen LogP contribution in [0.2, 0.25) is 0 Å². The summed E-state index contributed by atoms with van der Waals surface area (Å²) in [6, 6.07) is 40.8. The largest absolute Gasteiger partial charge is 0.456 e. The first-order valence-corrected chi connectivity index (χ1v) is 13.1. The summed E-state index contributed by atoms with van der Waals surface area (Å²) >= 11 is 0. The van der Waals surface area contributed by atoms with Crippen molar-refractivity contribution in [3.8, 4) is 16.8 Å². The van der Waals surface area contributed by atoms with E-state index in [4.69, 9.17) is 4.42 Å². The molecule has 5 aromatic carbocycles. The van der Waals surface area contributed by atoms with E-state index >= 15 is 0 Å². The molecule has 0 amide bonds. The van der Waals surface area contributed by atoms with Crippen LogP contribution in [0.25, 0.3) is 60.6 Å². The minimum absolute atomic E-state index is 0.918. The molecule has 3 aromatic heterocycles. The van der Waals surface area contributed by atoms with Crippen LogP contribution in [-0.2, 0) is 0 Å². The van der Waals surface area contributed by atoms with E-state index < -0.39 is 0 Å². The maximum absolute atomic E-state index is 6.29. The van der Waals surface area contributed by atoms with E-state index in [0.717, 1.165) is 50.4 Å². The van der Waals surface area contributed by atoms with Crippen molar-refractivity contribution in [2.24, 2.45) is 0 Å². The molecule has 39 heavy (non-hydrogen) atoms. The summed E-state index contributed by atoms with van der Waals surface area (Å²) in [5, 5.41) is 4.78. The SMILES string of the molecule is c1cncc(-c2cccc(N3c4ccccc4-n4c5ccc6oc7ccccc7c6c5c5cccc3c54)c2)c1. The second-order valence-electron chi connectivity index (χ2n) is 10.1. The van der Waals surface area contributed by atoms with Crippen LogP contribution in [0.1, 0.15) is 0 Å². The molecule has 8 aromatic rings. The van der Waals surface area contributed by atoms with Crippen molar-refractivity contribution in [1.29, 1.82) is 0 Å². The zero-order chi connectivity index (χ0) is 25.5. The molecule has 0 atom stereocenters. The number of pyridine rings is 1. The molecule has 0 saturated heterocycles. The Morgan fingerprint density at radius 1 is 0.564 bits per heavy atom. The molecule has 9 rings (SSSR count). The minimum Gasteiger partial charge on any atom is -0.456 e. The Balaban J connectivity index is 1.41. The molecule has 0 fully saturated rings. The third-order valence-corrected chi connectivity index (χ3v) is 7.97. The number of anilines is 3. The fourth-order valence-electron chi connectivity index (χ4n) is 6.39. The molecule has 0 unspecified atom stereocenters. The lowest BCUT2D eigenvalue weighted by Crippen LogP contribution is -2.18. The molecule has 0 aliphatic carbocycles. The molecule has 0 spiro atoms. The number of fused-ring (bicyclic) bond motifs is 9. The number of para-hydroxylation sites is 4. The number of nitrogens with zero attached hydrogens (tertiary/aromatic N) is 3. The number of rotatable bonds is 2. The fraction of sp³-hybridized carbons (Fsp3) is 0. The van der Waals surface area contributed by atoms with Crippen molar-refractivity contribution in [3.05, 3.63) is 128 Å². The van der Waals surface area contributed by atoms with Gasteiger partial charge in [-0.15, -0.1) is 0 Å². The molecule has 1 aliphatic rings. The molecule has 0 bridgehead atoms. The van der Waals surface area contributed by atoms with Gasteiger partial charge in [-0.3, -0.25) is 4.98 Å². The highest BCUT2D eigenvalue weighted by Gasteiger charge is 2.29. The molecule has 0 saturated carbocycles. The minimum atomic E-state index is 0.918. The molecular weight excluding hydrogens is 478 g/mol. The second-order valence-corrected chi connectivity index (χ2v) is 10.1. The molecule has 0 radical (unpaired) electrons. The average Bonchev–Trinajstić information content (AvgIpc) is 3.55. The van der Waals surface area contributed by atoms with Crippen LogP contribution in [0.3, 0.4) is 0 Å². The van der Waals surface area contributed by atoms with Gasteiger partial charge in [0.25, 0.3) is 0 Å². The highest BCUT2D eigenvalue weighted by molar-refractivity contribution is 6.29. The summed E-state index contributed by atoms with van der Waals surface area (Å²) in [5.74, 6) is 0. The number of furan rings is 1. The van der Waals surface area contributed by atoms with Crippen LogP contribution < -0.4 is 4.90 Å². The van der Waals surface area contributed by atoms with Crippen molar-refractivity contribution < 1.29 is 4.42 Å². The smallest absolute Gasteiger partial charge is 0.136 e. The predicted molar refractivity (Wildman–Crippen MR) is 160 cm³/mol. The van der Waals surface area contributed by atoms with Crippen molar-refractivity contribution >= 4 is 60.8 Å². The molecule has 0 N–H and O–H groups in total. The third kappa shape index (κ3) is 2.75. The summed E-state index contributed by atoms with van der Waals surface area (Å²) < 4.78 is 8.72. The van der Waals surface area contributed by atoms with Crippen LogP contribution >= 0.6 is 0 Å². The molecule has 4 nitrogen and oxygen atoms in total. The van der Waals surface area contributed by atoms with E-state index in [1.54, 1.807) is 0 Å². The Bertz CT molecular complexity index is 2240. The lowest BCUT2D eigenvalue weighted by Gasteiger charge is -2.33. The maximum atomic E-state index is 6.29. The van der Waals surface area contributed by atoms with Gasteiger partial charge >= 0.3 is 0 Å². The number of hydrogen-bond acceptors (Lipinski definition) is 3. The highest BCUT2D eigenvalue weighted by atomic mass is 16.3. The van der Waals surface area contributed by atoms with Gasteiger partial charge < -0.3 is 13.9 Å². The Hall–Kier alpha value is -5.35. The molecule has 4 heteroatoms. The van der Waals surface area contributed by atoms with Gasteiger partial charge in [-0.25, -0.2) is 0 Å². The fourth-order valence-corrected chi connectivity index (χ4v) is 6.39. The van der Waals surface area contributed by atoms with E-state index in [1.807, 2.05) is 24.5 Å². The number of benzene rings is 5. The van der Waals surface area contributed by atoms with Crippen LogP contribution in [0.15, 0.2) is 132 Å². The Morgan fingerprint density at radius 3 is 2.28 bits per heavy atom. The molecule has 182 valence electrons. The van der Waals surface area contributed by atoms with E-state index in [0.29, 0.717) is 0 Å². The summed E-state index contributed by atoms with van der Waals surface area (Å²) in [6.07, 6.45) is 3.73. The van der Waals surface area contributed by atoms with Crippen LogP contribution in [0.4, 0.5) is 17.1 Å². The maximum Gasteiger partial charge on any atom is 0.136 e. The molecule has 1 aliphatic heterocycles. The first kappa shape index (κ1) is 20.7. The summed E-state index contributed by atoms with van der Waals surface area (Å²) in [4.78, 5) is 6.73. The summed E-state index contributed by atoms with van der Waals surface area (Å²) in [7, 11) is 0. The van der Waals surface area contributed by atoms with E-state index in [1.165, 1.54) is 27.2 Å².